The fraction of sp³-hybridized carbons (Fsp3) is 0. The Morgan fingerprint density at radius 3 is 2.59 bits per heavy atom. The number of hydrogen-bond acceptors (Lipinski definition) is 8. The molecule has 0 saturated heterocycles. The topological polar surface area (TPSA) is 139 Å². The highest BCUT2D eigenvalue weighted by Crippen LogP contribution is 2.40. The largest absolute Gasteiger partial charge is 0.505 e. The molecule has 0 bridgehead atoms. The molecule has 1 amide bonds. The standard InChI is InChI=1S/C25H14N10O2/c1-26-16-7-8-20(30-12-16)32-25(37)18-11-15-5-3-4-6-17(15)22(23(18)36)33-34-24-19(27-2)13-31-35(24)21-14-28-9-10-29-21/h3-14,36H,(H,30,32,37)/b34-33+. The molecule has 3 aromatic heterocycles. The summed E-state index contributed by atoms with van der Waals surface area (Å²) >= 11 is 0. The maximum Gasteiger partial charge on any atom is 0.260 e. The zero-order valence-electron chi connectivity index (χ0n) is 18.8. The molecule has 2 N–H and O–H groups in total. The maximum atomic E-state index is 13.0. The Bertz CT molecular complexity index is 1750. The maximum absolute atomic E-state index is 13.0. The number of azo groups is 1. The molecule has 0 aliphatic heterocycles. The Labute approximate surface area is 209 Å². The van der Waals surface area contributed by atoms with Crippen molar-refractivity contribution in [1.82, 2.24) is 24.7 Å². The monoisotopic (exact) mass is 486 g/mol. The summed E-state index contributed by atoms with van der Waals surface area (Å²) in [5.74, 6) is -0.423. The zero-order valence-corrected chi connectivity index (χ0v) is 18.8. The molecule has 37 heavy (non-hydrogen) atoms. The number of aromatic nitrogens is 5. The molecule has 0 saturated carbocycles. The van der Waals surface area contributed by atoms with Crippen LogP contribution in [-0.2, 0) is 0 Å². The number of fused-ring (bicyclic) bond motifs is 1. The molecule has 0 fully saturated rings. The summed E-state index contributed by atoms with van der Waals surface area (Å²) in [6.07, 6.45) is 7.08. The Balaban J connectivity index is 1.58. The van der Waals surface area contributed by atoms with E-state index in [4.69, 9.17) is 13.1 Å². The van der Waals surface area contributed by atoms with Gasteiger partial charge in [-0.3, -0.25) is 14.8 Å². The highest BCUT2D eigenvalue weighted by molar-refractivity contribution is 6.11. The van der Waals surface area contributed by atoms with E-state index in [9.17, 15) is 9.90 Å². The quantitative estimate of drug-likeness (QED) is 0.242. The number of hydrogen-bond donors (Lipinski definition) is 2. The van der Waals surface area contributed by atoms with Crippen LogP contribution in [0.25, 0.3) is 26.3 Å². The van der Waals surface area contributed by atoms with Gasteiger partial charge >= 0.3 is 0 Å². The fourth-order valence-electron chi connectivity index (χ4n) is 3.47. The van der Waals surface area contributed by atoms with Gasteiger partial charge in [-0.25, -0.2) is 19.4 Å². The average molecular weight is 486 g/mol. The lowest BCUT2D eigenvalue weighted by molar-refractivity contribution is 0.102. The SMILES string of the molecule is [C-]#[N+]c1ccc(NC(=O)c2cc3ccccc3c(/N=N/c3c([N+]#[C-])cnn3-c3cnccn3)c2O)nc1. The molecule has 0 radical (unpaired) electrons. The van der Waals surface area contributed by atoms with Crippen LogP contribution in [0.2, 0.25) is 0 Å². The Kier molecular flexibility index (Phi) is 5.96. The van der Waals surface area contributed by atoms with E-state index in [1.54, 1.807) is 24.3 Å². The van der Waals surface area contributed by atoms with Crippen molar-refractivity contribution in [3.8, 4) is 11.6 Å². The predicted molar refractivity (Wildman–Crippen MR) is 134 cm³/mol. The van der Waals surface area contributed by atoms with Gasteiger partial charge in [0.05, 0.1) is 31.1 Å². The summed E-state index contributed by atoms with van der Waals surface area (Å²) < 4.78 is 1.30. The molecule has 0 atom stereocenters. The predicted octanol–water partition coefficient (Wildman–Crippen LogP) is 5.69. The number of rotatable bonds is 5. The number of aromatic hydroxyl groups is 1. The van der Waals surface area contributed by atoms with Gasteiger partial charge in [-0.15, -0.1) is 10.2 Å². The van der Waals surface area contributed by atoms with Crippen LogP contribution >= 0.6 is 0 Å². The number of phenolic OH excluding ortho intramolecular Hbond substituents is 1. The molecule has 5 rings (SSSR count). The highest BCUT2D eigenvalue weighted by atomic mass is 16.3. The molecule has 0 unspecified atom stereocenters. The van der Waals surface area contributed by atoms with Crippen LogP contribution < -0.4 is 5.32 Å². The van der Waals surface area contributed by atoms with Crippen molar-refractivity contribution in [2.24, 2.45) is 10.2 Å². The van der Waals surface area contributed by atoms with E-state index in [1.807, 2.05) is 0 Å². The summed E-state index contributed by atoms with van der Waals surface area (Å²) in [6, 6.07) is 11.6. The summed E-state index contributed by atoms with van der Waals surface area (Å²) in [6.45, 7) is 14.5. The molecule has 0 aliphatic rings. The van der Waals surface area contributed by atoms with Crippen LogP contribution in [-0.4, -0.2) is 35.7 Å². The summed E-state index contributed by atoms with van der Waals surface area (Å²) in [5, 5.41) is 27.5. The Hall–Kier alpha value is -6.01. The molecule has 0 aliphatic carbocycles. The van der Waals surface area contributed by atoms with E-state index in [-0.39, 0.29) is 28.6 Å². The number of carbonyl (C=O) groups excluding carboxylic acids is 1. The molecule has 176 valence electrons. The minimum atomic E-state index is -0.630. The first kappa shape index (κ1) is 22.8. The first-order chi connectivity index (χ1) is 18.1. The van der Waals surface area contributed by atoms with Crippen LogP contribution in [0.15, 0.2) is 83.7 Å². The van der Waals surface area contributed by atoms with Crippen molar-refractivity contribution < 1.29 is 9.90 Å². The van der Waals surface area contributed by atoms with Crippen molar-refractivity contribution in [1.29, 1.82) is 0 Å². The average Bonchev–Trinajstić information content (AvgIpc) is 3.36. The number of phenols is 1. The number of nitrogens with zero attached hydrogens (tertiary/aromatic N) is 9. The highest BCUT2D eigenvalue weighted by Gasteiger charge is 2.20. The lowest BCUT2D eigenvalue weighted by atomic mass is 10.0. The van der Waals surface area contributed by atoms with Crippen LogP contribution in [0.3, 0.4) is 0 Å². The van der Waals surface area contributed by atoms with E-state index in [1.165, 1.54) is 53.9 Å². The molecule has 0 spiro atoms. The number of nitrogens with one attached hydrogen (secondary N) is 1. The second kappa shape index (κ2) is 9.69. The third-order valence-corrected chi connectivity index (χ3v) is 5.22. The lowest BCUT2D eigenvalue weighted by Crippen LogP contribution is -2.13. The Morgan fingerprint density at radius 2 is 1.86 bits per heavy atom. The second-order valence-electron chi connectivity index (χ2n) is 7.45. The molecule has 12 heteroatoms. The van der Waals surface area contributed by atoms with Crippen LogP contribution in [0.4, 0.5) is 28.7 Å². The number of amides is 1. The minimum absolute atomic E-state index is 0.0300. The fourth-order valence-corrected chi connectivity index (χ4v) is 3.47. The van der Waals surface area contributed by atoms with Crippen LogP contribution in [0, 0.1) is 13.1 Å². The summed E-state index contributed by atoms with van der Waals surface area (Å²) in [7, 11) is 0. The first-order valence-electron chi connectivity index (χ1n) is 10.6. The molecule has 2 aromatic carbocycles. The summed E-state index contributed by atoms with van der Waals surface area (Å²) in [4.78, 5) is 32.0. The van der Waals surface area contributed by atoms with Gasteiger partial charge in [0.25, 0.3) is 11.6 Å². The van der Waals surface area contributed by atoms with Gasteiger partial charge in [-0.1, -0.05) is 30.3 Å². The van der Waals surface area contributed by atoms with Crippen LogP contribution in [0.1, 0.15) is 10.4 Å². The molecular weight excluding hydrogens is 472 g/mol. The van der Waals surface area contributed by atoms with E-state index in [0.29, 0.717) is 22.3 Å². The van der Waals surface area contributed by atoms with E-state index in [0.717, 1.165) is 0 Å². The number of carbonyl (C=O) groups is 1. The van der Waals surface area contributed by atoms with Crippen LogP contribution in [0.5, 0.6) is 5.75 Å². The summed E-state index contributed by atoms with van der Waals surface area (Å²) in [5.41, 5.74) is 0.411. The van der Waals surface area contributed by atoms with Gasteiger partial charge in [0.15, 0.2) is 17.4 Å². The third kappa shape index (κ3) is 4.41. The Morgan fingerprint density at radius 1 is 1.00 bits per heavy atom. The van der Waals surface area contributed by atoms with E-state index >= 15 is 0 Å². The second-order valence-corrected chi connectivity index (χ2v) is 7.45. The van der Waals surface area contributed by atoms with Gasteiger partial charge in [0, 0.05) is 24.0 Å². The van der Waals surface area contributed by atoms with Crippen molar-refractivity contribution in [3.05, 3.63) is 102 Å². The lowest BCUT2D eigenvalue weighted by Gasteiger charge is -2.11. The van der Waals surface area contributed by atoms with Gasteiger partial charge in [0.2, 0.25) is 5.69 Å². The zero-order chi connectivity index (χ0) is 25.8. The van der Waals surface area contributed by atoms with Gasteiger partial charge in [0.1, 0.15) is 11.5 Å². The van der Waals surface area contributed by atoms with Gasteiger partial charge in [-0.05, 0) is 17.5 Å². The third-order valence-electron chi connectivity index (χ3n) is 5.22. The minimum Gasteiger partial charge on any atom is -0.505 e. The molecule has 5 aromatic rings. The van der Waals surface area contributed by atoms with Crippen molar-refractivity contribution in [3.63, 3.8) is 0 Å². The molecule has 3 heterocycles. The van der Waals surface area contributed by atoms with E-state index < -0.39 is 11.7 Å². The van der Waals surface area contributed by atoms with Gasteiger partial charge in [-0.2, -0.15) is 5.10 Å². The van der Waals surface area contributed by atoms with Crippen molar-refractivity contribution in [2.75, 3.05) is 5.32 Å². The van der Waals surface area contributed by atoms with Gasteiger partial charge < -0.3 is 10.4 Å². The van der Waals surface area contributed by atoms with Crippen molar-refractivity contribution in [2.45, 2.75) is 0 Å². The number of pyridine rings is 1. The number of anilines is 1. The normalized spacial score (nSPS) is 10.8. The molecular formula is C25H14N10O2. The number of benzene rings is 2. The first-order valence-corrected chi connectivity index (χ1v) is 10.6. The van der Waals surface area contributed by atoms with Crippen molar-refractivity contribution >= 4 is 45.4 Å². The smallest absolute Gasteiger partial charge is 0.260 e. The van der Waals surface area contributed by atoms with E-state index in [2.05, 4.69) is 45.3 Å². The molecule has 12 nitrogen and oxygen atoms in total.